The first-order valence-electron chi connectivity index (χ1n) is 11.1. The van der Waals surface area contributed by atoms with E-state index in [2.05, 4.69) is 16.4 Å². The molecule has 34 heavy (non-hydrogen) atoms. The van der Waals surface area contributed by atoms with Gasteiger partial charge in [0.1, 0.15) is 28.0 Å². The fourth-order valence-corrected chi connectivity index (χ4v) is 5.67. The highest BCUT2D eigenvalue weighted by molar-refractivity contribution is 7.24. The lowest BCUT2D eigenvalue weighted by molar-refractivity contribution is 0.0727. The Labute approximate surface area is 206 Å². The number of benzene rings is 2. The number of hydrogen-bond donors (Lipinski definition) is 2. The molecular formula is C26H22ClN5OS. The number of carbonyl (C=O) groups is 1. The van der Waals surface area contributed by atoms with E-state index >= 15 is 0 Å². The van der Waals surface area contributed by atoms with Crippen LogP contribution in [-0.2, 0) is 0 Å². The number of halogens is 1. The predicted molar refractivity (Wildman–Crippen MR) is 139 cm³/mol. The number of carbonyl (C=O) groups excluding carboxylic acids is 1. The molecule has 1 aliphatic heterocycles. The van der Waals surface area contributed by atoms with Gasteiger partial charge >= 0.3 is 0 Å². The lowest BCUT2D eigenvalue weighted by Gasteiger charge is -2.27. The topological polar surface area (TPSA) is 95.0 Å². The Balaban J connectivity index is 1.77. The molecule has 2 aromatic carbocycles. The fraction of sp³-hybridized carbons (Fsp3) is 0.192. The van der Waals surface area contributed by atoms with Crippen LogP contribution in [0.15, 0.2) is 54.6 Å². The molecule has 0 bridgehead atoms. The number of hydrogen-bond acceptors (Lipinski definition) is 6. The molecule has 0 saturated carbocycles. The lowest BCUT2D eigenvalue weighted by Crippen LogP contribution is -2.35. The highest BCUT2D eigenvalue weighted by Crippen LogP contribution is 2.45. The molecule has 0 radical (unpaired) electrons. The van der Waals surface area contributed by atoms with Gasteiger partial charge in [-0.3, -0.25) is 4.79 Å². The van der Waals surface area contributed by atoms with Crippen LogP contribution >= 0.6 is 22.9 Å². The van der Waals surface area contributed by atoms with Gasteiger partial charge in [-0.05, 0) is 49.1 Å². The maximum atomic E-state index is 13.8. The first-order chi connectivity index (χ1) is 16.6. The molecular weight excluding hydrogens is 466 g/mol. The number of aromatic nitrogens is 1. The largest absolute Gasteiger partial charge is 0.383 e. The Hall–Kier alpha value is -3.60. The number of amides is 1. The van der Waals surface area contributed by atoms with Crippen molar-refractivity contribution in [2.24, 2.45) is 0 Å². The molecule has 1 aliphatic rings. The van der Waals surface area contributed by atoms with Crippen molar-refractivity contribution in [2.45, 2.75) is 19.3 Å². The SMILES string of the molecule is N#Cc1c(N)nc2c(C(=O)N3CCCCC3)c(Nc3ccccc3)sc2c1-c1ccc(Cl)cc1. The summed E-state index contributed by atoms with van der Waals surface area (Å²) in [6.07, 6.45) is 3.10. The third-order valence-electron chi connectivity index (χ3n) is 5.98. The summed E-state index contributed by atoms with van der Waals surface area (Å²) in [6.45, 7) is 1.44. The van der Waals surface area contributed by atoms with Gasteiger partial charge in [0.05, 0.1) is 10.2 Å². The molecule has 1 saturated heterocycles. The minimum Gasteiger partial charge on any atom is -0.383 e. The molecule has 0 spiro atoms. The average Bonchev–Trinajstić information content (AvgIpc) is 3.21. The van der Waals surface area contributed by atoms with Crippen molar-refractivity contribution < 1.29 is 4.79 Å². The van der Waals surface area contributed by atoms with E-state index in [1.807, 2.05) is 47.4 Å². The molecule has 2 aromatic heterocycles. The average molecular weight is 488 g/mol. The van der Waals surface area contributed by atoms with E-state index in [-0.39, 0.29) is 11.7 Å². The van der Waals surface area contributed by atoms with Crippen molar-refractivity contribution in [3.8, 4) is 17.2 Å². The maximum Gasteiger partial charge on any atom is 0.259 e. The smallest absolute Gasteiger partial charge is 0.259 e. The number of nitrogen functional groups attached to an aromatic ring is 1. The molecule has 170 valence electrons. The van der Waals surface area contributed by atoms with Gasteiger partial charge in [0.15, 0.2) is 0 Å². The minimum absolute atomic E-state index is 0.0666. The second kappa shape index (κ2) is 9.34. The van der Waals surface area contributed by atoms with Gasteiger partial charge in [0.25, 0.3) is 5.91 Å². The molecule has 0 atom stereocenters. The van der Waals surface area contributed by atoms with Crippen LogP contribution in [0.2, 0.25) is 5.02 Å². The van der Waals surface area contributed by atoms with Crippen LogP contribution in [0, 0.1) is 11.3 Å². The van der Waals surface area contributed by atoms with Gasteiger partial charge in [-0.25, -0.2) is 4.98 Å². The highest BCUT2D eigenvalue weighted by Gasteiger charge is 2.29. The number of para-hydroxylation sites is 1. The van der Waals surface area contributed by atoms with Crippen molar-refractivity contribution in [3.63, 3.8) is 0 Å². The summed E-state index contributed by atoms with van der Waals surface area (Å²) in [4.78, 5) is 20.2. The maximum absolute atomic E-state index is 13.8. The second-order valence-corrected chi connectivity index (χ2v) is 9.65. The standard InChI is InChI=1S/C26H22ClN5OS/c27-17-11-9-16(10-12-17)20-19(15-28)24(29)31-22-21(26(33)32-13-5-2-6-14-32)25(34-23(20)22)30-18-7-3-1-4-8-18/h1,3-4,7-12,30H,2,5-6,13-14H2,(H2,29,31). The first kappa shape index (κ1) is 22.2. The Bertz CT molecular complexity index is 1400. The van der Waals surface area contributed by atoms with Crippen LogP contribution in [0.5, 0.6) is 0 Å². The van der Waals surface area contributed by atoms with E-state index < -0.39 is 0 Å². The molecule has 6 nitrogen and oxygen atoms in total. The third kappa shape index (κ3) is 4.07. The number of nitrogens with one attached hydrogen (secondary N) is 1. The van der Waals surface area contributed by atoms with Crippen molar-refractivity contribution in [1.82, 2.24) is 9.88 Å². The number of nitriles is 1. The van der Waals surface area contributed by atoms with Crippen LogP contribution in [0.4, 0.5) is 16.5 Å². The van der Waals surface area contributed by atoms with Gasteiger partial charge < -0.3 is 16.0 Å². The first-order valence-corrected chi connectivity index (χ1v) is 12.3. The van der Waals surface area contributed by atoms with Crippen LogP contribution < -0.4 is 11.1 Å². The summed E-state index contributed by atoms with van der Waals surface area (Å²) >= 11 is 7.52. The molecule has 1 fully saturated rings. The highest BCUT2D eigenvalue weighted by atomic mass is 35.5. The molecule has 0 unspecified atom stereocenters. The van der Waals surface area contributed by atoms with Crippen molar-refractivity contribution in [3.05, 3.63) is 70.7 Å². The van der Waals surface area contributed by atoms with Gasteiger partial charge in [0, 0.05) is 29.4 Å². The zero-order valence-electron chi connectivity index (χ0n) is 18.3. The predicted octanol–water partition coefficient (Wildman–Crippen LogP) is 6.44. The van der Waals surface area contributed by atoms with Crippen LogP contribution in [0.25, 0.3) is 21.3 Å². The zero-order valence-corrected chi connectivity index (χ0v) is 19.9. The van der Waals surface area contributed by atoms with E-state index in [0.717, 1.165) is 48.3 Å². The normalized spacial score (nSPS) is 13.6. The Morgan fingerprint density at radius 3 is 2.47 bits per heavy atom. The van der Waals surface area contributed by atoms with Gasteiger partial charge in [-0.15, -0.1) is 11.3 Å². The van der Waals surface area contributed by atoms with Crippen molar-refractivity contribution >= 4 is 55.6 Å². The van der Waals surface area contributed by atoms with Crippen molar-refractivity contribution in [1.29, 1.82) is 5.26 Å². The number of thiophene rings is 1. The third-order valence-corrected chi connectivity index (χ3v) is 7.35. The number of rotatable bonds is 4. The fourth-order valence-electron chi connectivity index (χ4n) is 4.32. The molecule has 4 aromatic rings. The second-order valence-electron chi connectivity index (χ2n) is 8.19. The number of likely N-dealkylation sites (tertiary alicyclic amines) is 1. The Morgan fingerprint density at radius 1 is 1.09 bits per heavy atom. The van der Waals surface area contributed by atoms with E-state index in [1.165, 1.54) is 11.3 Å². The molecule has 0 aliphatic carbocycles. The van der Waals surface area contributed by atoms with Gasteiger partial charge in [-0.1, -0.05) is 41.9 Å². The summed E-state index contributed by atoms with van der Waals surface area (Å²) in [6, 6.07) is 19.2. The van der Waals surface area contributed by atoms with E-state index in [9.17, 15) is 10.1 Å². The summed E-state index contributed by atoms with van der Waals surface area (Å²) in [5.41, 5.74) is 9.90. The number of fused-ring (bicyclic) bond motifs is 1. The number of nitrogens with zero attached hydrogens (tertiary/aromatic N) is 3. The lowest BCUT2D eigenvalue weighted by atomic mass is 9.99. The number of piperidine rings is 1. The summed E-state index contributed by atoms with van der Waals surface area (Å²) in [5.74, 6) is 0.0414. The molecule has 8 heteroatoms. The minimum atomic E-state index is -0.0666. The van der Waals surface area contributed by atoms with E-state index in [0.29, 0.717) is 32.2 Å². The molecule has 1 amide bonds. The quantitative estimate of drug-likeness (QED) is 0.345. The van der Waals surface area contributed by atoms with Crippen molar-refractivity contribution in [2.75, 3.05) is 24.1 Å². The summed E-state index contributed by atoms with van der Waals surface area (Å²) < 4.78 is 0.742. The van der Waals surface area contributed by atoms with Gasteiger partial charge in [-0.2, -0.15) is 5.26 Å². The van der Waals surface area contributed by atoms with E-state index in [1.54, 1.807) is 12.1 Å². The molecule has 3 N–H and O–H groups in total. The molecule has 3 heterocycles. The van der Waals surface area contributed by atoms with Crippen LogP contribution in [0.3, 0.4) is 0 Å². The Morgan fingerprint density at radius 2 is 1.79 bits per heavy atom. The summed E-state index contributed by atoms with van der Waals surface area (Å²) in [5, 5.41) is 14.6. The molecule has 5 rings (SSSR count). The number of nitrogens with two attached hydrogens (primary N) is 1. The number of pyridine rings is 1. The monoisotopic (exact) mass is 487 g/mol. The van der Waals surface area contributed by atoms with Crippen LogP contribution in [0.1, 0.15) is 35.2 Å². The van der Waals surface area contributed by atoms with Crippen LogP contribution in [-0.4, -0.2) is 28.9 Å². The Kier molecular flexibility index (Phi) is 6.10. The summed E-state index contributed by atoms with van der Waals surface area (Å²) in [7, 11) is 0. The number of anilines is 3. The van der Waals surface area contributed by atoms with E-state index in [4.69, 9.17) is 17.3 Å². The zero-order chi connectivity index (χ0) is 23.7. The van der Waals surface area contributed by atoms with Gasteiger partial charge in [0.2, 0.25) is 0 Å².